The van der Waals surface area contributed by atoms with Crippen molar-refractivity contribution in [1.82, 2.24) is 19.7 Å². The zero-order chi connectivity index (χ0) is 19.1. The van der Waals surface area contributed by atoms with E-state index < -0.39 is 0 Å². The van der Waals surface area contributed by atoms with Crippen LogP contribution in [-0.4, -0.2) is 46.3 Å². The average molecular weight is 378 g/mol. The van der Waals surface area contributed by atoms with E-state index in [-0.39, 0.29) is 0 Å². The second kappa shape index (κ2) is 6.70. The highest BCUT2D eigenvalue weighted by atomic mass is 16.5. The lowest BCUT2D eigenvalue weighted by Gasteiger charge is -2.32. The average Bonchev–Trinajstić information content (AvgIpc) is 3.28. The molecule has 1 aromatic carbocycles. The zero-order valence-electron chi connectivity index (χ0n) is 15.9. The summed E-state index contributed by atoms with van der Waals surface area (Å²) in [7, 11) is 3.34. The Morgan fingerprint density at radius 1 is 1.14 bits per heavy atom. The standard InChI is InChI=1S/C20H22N6O2/c1-27-15-4-3-5-16(28-2)20(15)25-11-18-21-8-9-26(18)19(12-25)22-17-10-14(23-24-17)13-6-7-13/h3-5,8-10,13H,6-7,11-12H2,1-2H3,(H,23,24). The van der Waals surface area contributed by atoms with Crippen molar-refractivity contribution in [2.24, 2.45) is 4.99 Å². The van der Waals surface area contributed by atoms with Gasteiger partial charge in [0.25, 0.3) is 0 Å². The Bertz CT molecular complexity index is 1010. The highest BCUT2D eigenvalue weighted by molar-refractivity contribution is 5.93. The van der Waals surface area contributed by atoms with Crippen LogP contribution in [0.4, 0.5) is 11.5 Å². The lowest BCUT2D eigenvalue weighted by atomic mass is 10.2. The molecule has 3 aromatic rings. The highest BCUT2D eigenvalue weighted by Gasteiger charge is 2.28. The minimum Gasteiger partial charge on any atom is -0.494 e. The molecule has 0 bridgehead atoms. The highest BCUT2D eigenvalue weighted by Crippen LogP contribution is 2.40. The summed E-state index contributed by atoms with van der Waals surface area (Å²) in [5, 5.41) is 7.50. The molecule has 5 rings (SSSR count). The molecule has 0 atom stereocenters. The van der Waals surface area contributed by atoms with E-state index in [1.54, 1.807) is 20.4 Å². The van der Waals surface area contributed by atoms with Crippen LogP contribution in [0.5, 0.6) is 11.5 Å². The van der Waals surface area contributed by atoms with Crippen LogP contribution in [0.2, 0.25) is 0 Å². The van der Waals surface area contributed by atoms with Gasteiger partial charge in [-0.3, -0.25) is 9.67 Å². The summed E-state index contributed by atoms with van der Waals surface area (Å²) in [6.45, 7) is 1.22. The number of aliphatic imine (C=N–C) groups is 1. The van der Waals surface area contributed by atoms with Gasteiger partial charge in [-0.2, -0.15) is 5.10 Å². The van der Waals surface area contributed by atoms with Gasteiger partial charge in [-0.15, -0.1) is 0 Å². The third-order valence-corrected chi connectivity index (χ3v) is 5.22. The number of H-pyrrole nitrogens is 1. The summed E-state index contributed by atoms with van der Waals surface area (Å²) in [5.74, 6) is 4.61. The Morgan fingerprint density at radius 3 is 2.64 bits per heavy atom. The first-order valence-electron chi connectivity index (χ1n) is 9.38. The van der Waals surface area contributed by atoms with Crippen LogP contribution in [0.3, 0.4) is 0 Å². The predicted octanol–water partition coefficient (Wildman–Crippen LogP) is 3.10. The maximum absolute atomic E-state index is 5.59. The van der Waals surface area contributed by atoms with Crippen molar-refractivity contribution in [3.8, 4) is 11.5 Å². The monoisotopic (exact) mass is 378 g/mol. The Kier molecular flexibility index (Phi) is 4.03. The molecule has 144 valence electrons. The molecule has 0 radical (unpaired) electrons. The number of rotatable bonds is 5. The van der Waals surface area contributed by atoms with E-state index in [1.807, 2.05) is 35.0 Å². The molecule has 0 unspecified atom stereocenters. The zero-order valence-corrected chi connectivity index (χ0v) is 15.9. The molecule has 2 aliphatic rings. The minimum atomic E-state index is 0.589. The third kappa shape index (κ3) is 2.90. The first kappa shape index (κ1) is 16.9. The first-order chi connectivity index (χ1) is 13.8. The van der Waals surface area contributed by atoms with E-state index in [9.17, 15) is 0 Å². The molecular weight excluding hydrogens is 356 g/mol. The largest absolute Gasteiger partial charge is 0.494 e. The summed E-state index contributed by atoms with van der Waals surface area (Å²) in [5.41, 5.74) is 2.07. The lowest BCUT2D eigenvalue weighted by Crippen LogP contribution is -2.39. The van der Waals surface area contributed by atoms with Crippen LogP contribution < -0.4 is 14.4 Å². The molecule has 8 heteroatoms. The van der Waals surface area contributed by atoms with Crippen LogP contribution in [0, 0.1) is 0 Å². The van der Waals surface area contributed by atoms with Crippen LogP contribution in [0.15, 0.2) is 41.7 Å². The summed E-state index contributed by atoms with van der Waals surface area (Å²) in [6, 6.07) is 7.84. The predicted molar refractivity (Wildman–Crippen MR) is 106 cm³/mol. The smallest absolute Gasteiger partial charge is 0.175 e. The van der Waals surface area contributed by atoms with E-state index in [1.165, 1.54) is 18.5 Å². The van der Waals surface area contributed by atoms with E-state index in [0.717, 1.165) is 28.8 Å². The summed E-state index contributed by atoms with van der Waals surface area (Å²) in [4.78, 5) is 11.5. The fourth-order valence-electron chi connectivity index (χ4n) is 3.67. The van der Waals surface area contributed by atoms with Gasteiger partial charge in [0, 0.05) is 30.1 Å². The molecule has 0 saturated heterocycles. The van der Waals surface area contributed by atoms with Crippen molar-refractivity contribution in [1.29, 1.82) is 0 Å². The second-order valence-electron chi connectivity index (χ2n) is 7.06. The normalized spacial score (nSPS) is 17.6. The molecule has 1 saturated carbocycles. The molecule has 3 heterocycles. The van der Waals surface area contributed by atoms with E-state index in [2.05, 4.69) is 20.1 Å². The van der Waals surface area contributed by atoms with Gasteiger partial charge in [-0.1, -0.05) is 6.07 Å². The van der Waals surface area contributed by atoms with Crippen molar-refractivity contribution in [2.75, 3.05) is 25.7 Å². The number of para-hydroxylation sites is 1. The molecule has 0 spiro atoms. The number of methoxy groups -OCH3 is 2. The number of aromatic nitrogens is 4. The van der Waals surface area contributed by atoms with Gasteiger partial charge >= 0.3 is 0 Å². The Morgan fingerprint density at radius 2 is 1.93 bits per heavy atom. The van der Waals surface area contributed by atoms with Crippen LogP contribution >= 0.6 is 0 Å². The van der Waals surface area contributed by atoms with E-state index in [4.69, 9.17) is 14.5 Å². The van der Waals surface area contributed by atoms with Gasteiger partial charge in [0.1, 0.15) is 28.8 Å². The van der Waals surface area contributed by atoms with Crippen molar-refractivity contribution in [3.05, 3.63) is 48.2 Å². The number of anilines is 1. The molecule has 1 aliphatic carbocycles. The summed E-state index contributed by atoms with van der Waals surface area (Å²) >= 11 is 0. The Labute approximate surface area is 162 Å². The van der Waals surface area contributed by atoms with Crippen molar-refractivity contribution < 1.29 is 9.47 Å². The van der Waals surface area contributed by atoms with Crippen molar-refractivity contribution >= 4 is 17.3 Å². The molecule has 28 heavy (non-hydrogen) atoms. The number of imidazole rings is 1. The minimum absolute atomic E-state index is 0.589. The molecule has 0 amide bonds. The van der Waals surface area contributed by atoms with Gasteiger partial charge in [0.05, 0.1) is 27.3 Å². The number of hydrogen-bond acceptors (Lipinski definition) is 6. The van der Waals surface area contributed by atoms with Crippen LogP contribution in [-0.2, 0) is 6.54 Å². The molecule has 1 N–H and O–H groups in total. The molecule has 8 nitrogen and oxygen atoms in total. The SMILES string of the molecule is COc1cccc(OC)c1N1CC(=Nc2cc(C3CC3)[nH]n2)n2ccnc2C1. The lowest BCUT2D eigenvalue weighted by molar-refractivity contribution is 0.393. The molecular formula is C20H22N6O2. The van der Waals surface area contributed by atoms with Gasteiger partial charge in [-0.05, 0) is 25.0 Å². The van der Waals surface area contributed by atoms with Gasteiger partial charge in [0.15, 0.2) is 5.82 Å². The Hall–Kier alpha value is -3.29. The van der Waals surface area contributed by atoms with Gasteiger partial charge < -0.3 is 14.4 Å². The number of fused-ring (bicyclic) bond motifs is 1. The number of nitrogens with zero attached hydrogens (tertiary/aromatic N) is 5. The number of ether oxygens (including phenoxy) is 2. The Balaban J connectivity index is 1.54. The summed E-state index contributed by atoms with van der Waals surface area (Å²) in [6.07, 6.45) is 6.20. The fraction of sp³-hybridized carbons (Fsp3) is 0.350. The molecule has 1 fully saturated rings. The van der Waals surface area contributed by atoms with Crippen LogP contribution in [0.25, 0.3) is 0 Å². The maximum Gasteiger partial charge on any atom is 0.175 e. The maximum atomic E-state index is 5.59. The number of hydrogen-bond donors (Lipinski definition) is 1. The molecule has 2 aromatic heterocycles. The van der Waals surface area contributed by atoms with Crippen molar-refractivity contribution in [2.45, 2.75) is 25.3 Å². The van der Waals surface area contributed by atoms with Crippen molar-refractivity contribution in [3.63, 3.8) is 0 Å². The quantitative estimate of drug-likeness (QED) is 0.738. The first-order valence-corrected chi connectivity index (χ1v) is 9.38. The number of benzene rings is 1. The topological polar surface area (TPSA) is 80.6 Å². The number of aromatic amines is 1. The summed E-state index contributed by atoms with van der Waals surface area (Å²) < 4.78 is 13.2. The van der Waals surface area contributed by atoms with E-state index >= 15 is 0 Å². The van der Waals surface area contributed by atoms with Crippen LogP contribution in [0.1, 0.15) is 30.3 Å². The van der Waals surface area contributed by atoms with Gasteiger partial charge in [0.2, 0.25) is 0 Å². The van der Waals surface area contributed by atoms with Gasteiger partial charge in [-0.25, -0.2) is 9.98 Å². The molecule has 1 aliphatic heterocycles. The third-order valence-electron chi connectivity index (χ3n) is 5.22. The second-order valence-corrected chi connectivity index (χ2v) is 7.06. The fourth-order valence-corrected chi connectivity index (χ4v) is 3.67. The number of nitrogens with one attached hydrogen (secondary N) is 1. The van der Waals surface area contributed by atoms with E-state index in [0.29, 0.717) is 24.8 Å².